The first-order valence-corrected chi connectivity index (χ1v) is 20.7. The van der Waals surface area contributed by atoms with Gasteiger partial charge in [-0.3, -0.25) is 4.98 Å². The molecule has 2 heterocycles. The Hall–Kier alpha value is -8.14. The van der Waals surface area contributed by atoms with E-state index in [-0.39, 0.29) is 0 Å². The van der Waals surface area contributed by atoms with E-state index in [2.05, 4.69) is 200 Å². The number of para-hydroxylation sites is 1. The quantitative estimate of drug-likeness (QED) is 0.158. The van der Waals surface area contributed by atoms with E-state index in [0.717, 1.165) is 99.2 Å². The topological polar surface area (TPSA) is 38.9 Å². The van der Waals surface area contributed by atoms with Gasteiger partial charge in [0.05, 0.1) is 22.9 Å². The third kappa shape index (κ3) is 6.14. The first kappa shape index (κ1) is 34.9. The van der Waals surface area contributed by atoms with Crippen molar-refractivity contribution in [2.75, 3.05) is 0 Å². The molecule has 0 amide bonds. The van der Waals surface area contributed by atoms with Crippen LogP contribution in [-0.2, 0) is 0 Å². The summed E-state index contributed by atoms with van der Waals surface area (Å²) in [5.74, 6) is 0. The van der Waals surface area contributed by atoms with E-state index < -0.39 is 0 Å². The fourth-order valence-electron chi connectivity index (χ4n) is 8.96. The minimum atomic E-state index is 0.829. The maximum atomic E-state index is 6.14. The van der Waals surface area contributed by atoms with Crippen LogP contribution >= 0.6 is 0 Å². The molecule has 10 aromatic carbocycles. The van der Waals surface area contributed by atoms with Crippen LogP contribution < -0.4 is 0 Å². The number of fused-ring (bicyclic) bond motifs is 9. The molecule has 0 saturated heterocycles. The molecule has 0 aliphatic carbocycles. The molecule has 2 aromatic heterocycles. The molecule has 0 saturated carbocycles. The standard InChI is InChI=1S/C58H36N2O/c1-3-10-37(11-4-1)39-18-22-41(23-19-39)44-26-29-48-49-30-27-45(42-24-20-40(21-25-42)38-12-5-2-6-13-38)35-53(49)58-57(52(48)34-44)59-36-54(60-58)47-15-9-14-43(32-47)46-28-31-56-51(33-46)50-16-7-8-17-55(50)61-56/h1-36H. The van der Waals surface area contributed by atoms with Crippen molar-refractivity contribution in [2.45, 2.75) is 0 Å². The number of rotatable bonds is 6. The normalized spacial score (nSPS) is 11.6. The summed E-state index contributed by atoms with van der Waals surface area (Å²) in [5.41, 5.74) is 17.0. The van der Waals surface area contributed by atoms with E-state index in [1.807, 2.05) is 18.3 Å². The fourth-order valence-corrected chi connectivity index (χ4v) is 8.96. The van der Waals surface area contributed by atoms with Crippen LogP contribution in [0.3, 0.4) is 0 Å². The first-order chi connectivity index (χ1) is 30.2. The highest BCUT2D eigenvalue weighted by Gasteiger charge is 2.16. The third-order valence-electron chi connectivity index (χ3n) is 12.1. The summed E-state index contributed by atoms with van der Waals surface area (Å²) in [7, 11) is 0. The largest absolute Gasteiger partial charge is 0.456 e. The van der Waals surface area contributed by atoms with Gasteiger partial charge in [0.15, 0.2) is 0 Å². The summed E-state index contributed by atoms with van der Waals surface area (Å²) in [6.07, 6.45) is 1.94. The second-order valence-electron chi connectivity index (χ2n) is 15.7. The van der Waals surface area contributed by atoms with E-state index in [0.29, 0.717) is 0 Å². The first-order valence-electron chi connectivity index (χ1n) is 20.7. The van der Waals surface area contributed by atoms with E-state index in [1.165, 1.54) is 22.3 Å². The van der Waals surface area contributed by atoms with Gasteiger partial charge in [0, 0.05) is 27.1 Å². The lowest BCUT2D eigenvalue weighted by Crippen LogP contribution is -1.94. The Kier molecular flexibility index (Phi) is 8.17. The second-order valence-corrected chi connectivity index (χ2v) is 15.7. The number of aromatic nitrogens is 2. The van der Waals surface area contributed by atoms with Gasteiger partial charge in [-0.15, -0.1) is 0 Å². The molecule has 0 fully saturated rings. The average Bonchev–Trinajstić information content (AvgIpc) is 3.72. The van der Waals surface area contributed by atoms with E-state index in [1.54, 1.807) is 0 Å². The van der Waals surface area contributed by atoms with Crippen LogP contribution in [-0.4, -0.2) is 9.97 Å². The van der Waals surface area contributed by atoms with Crippen molar-refractivity contribution in [1.82, 2.24) is 9.97 Å². The maximum Gasteiger partial charge on any atom is 0.135 e. The van der Waals surface area contributed by atoms with Crippen LogP contribution in [0.15, 0.2) is 223 Å². The number of hydrogen-bond donors (Lipinski definition) is 0. The van der Waals surface area contributed by atoms with E-state index >= 15 is 0 Å². The zero-order chi connectivity index (χ0) is 40.3. The smallest absolute Gasteiger partial charge is 0.135 e. The van der Waals surface area contributed by atoms with Gasteiger partial charge >= 0.3 is 0 Å². The van der Waals surface area contributed by atoms with Gasteiger partial charge in [-0.05, 0) is 103 Å². The van der Waals surface area contributed by atoms with Gasteiger partial charge in [-0.1, -0.05) is 176 Å². The van der Waals surface area contributed by atoms with Crippen LogP contribution in [0, 0.1) is 0 Å². The lowest BCUT2D eigenvalue weighted by molar-refractivity contribution is 0.669. The average molecular weight is 777 g/mol. The minimum absolute atomic E-state index is 0.829. The van der Waals surface area contributed by atoms with Crippen molar-refractivity contribution < 1.29 is 4.42 Å². The molecule has 0 aliphatic heterocycles. The summed E-state index contributed by atoms with van der Waals surface area (Å²) in [4.78, 5) is 10.8. The Labute approximate surface area is 352 Å². The van der Waals surface area contributed by atoms with Crippen LogP contribution in [0.5, 0.6) is 0 Å². The van der Waals surface area contributed by atoms with Crippen molar-refractivity contribution in [3.63, 3.8) is 0 Å². The minimum Gasteiger partial charge on any atom is -0.456 e. The second kappa shape index (κ2) is 14.3. The van der Waals surface area contributed by atoms with Crippen molar-refractivity contribution in [1.29, 1.82) is 0 Å². The molecule has 12 aromatic rings. The van der Waals surface area contributed by atoms with Gasteiger partial charge in [-0.25, -0.2) is 4.98 Å². The number of hydrogen-bond acceptors (Lipinski definition) is 3. The molecule has 3 nitrogen and oxygen atoms in total. The van der Waals surface area contributed by atoms with Gasteiger partial charge in [0.1, 0.15) is 11.2 Å². The fraction of sp³-hybridized carbons (Fsp3) is 0. The molecule has 0 radical (unpaired) electrons. The molecule has 0 unspecified atom stereocenters. The van der Waals surface area contributed by atoms with Gasteiger partial charge in [0.25, 0.3) is 0 Å². The van der Waals surface area contributed by atoms with Gasteiger partial charge in [-0.2, -0.15) is 0 Å². The van der Waals surface area contributed by atoms with Crippen LogP contribution in [0.25, 0.3) is 121 Å². The molecule has 12 rings (SSSR count). The zero-order valence-corrected chi connectivity index (χ0v) is 33.1. The molecule has 0 aliphatic rings. The lowest BCUT2D eigenvalue weighted by atomic mass is 9.92. The number of benzene rings is 10. The molecule has 0 N–H and O–H groups in total. The molecule has 61 heavy (non-hydrogen) atoms. The molecule has 284 valence electrons. The molecular formula is C58H36N2O. The van der Waals surface area contributed by atoms with E-state index in [9.17, 15) is 0 Å². The molecular weight excluding hydrogens is 741 g/mol. The van der Waals surface area contributed by atoms with E-state index in [4.69, 9.17) is 14.4 Å². The van der Waals surface area contributed by atoms with Crippen molar-refractivity contribution in [3.8, 4) is 66.9 Å². The molecule has 0 atom stereocenters. The summed E-state index contributed by atoms with van der Waals surface area (Å²) < 4.78 is 6.14. The highest BCUT2D eigenvalue weighted by Crippen LogP contribution is 2.40. The summed E-state index contributed by atoms with van der Waals surface area (Å²) >= 11 is 0. The maximum absolute atomic E-state index is 6.14. The number of nitrogens with zero attached hydrogens (tertiary/aromatic N) is 2. The number of furan rings is 1. The highest BCUT2D eigenvalue weighted by molar-refractivity contribution is 6.24. The van der Waals surface area contributed by atoms with Crippen molar-refractivity contribution in [3.05, 3.63) is 219 Å². The summed E-state index contributed by atoms with van der Waals surface area (Å²) in [6.45, 7) is 0. The van der Waals surface area contributed by atoms with Gasteiger partial charge < -0.3 is 4.42 Å². The monoisotopic (exact) mass is 776 g/mol. The Bertz CT molecular complexity index is 3610. The SMILES string of the molecule is c1ccc(-c2ccc(-c3ccc4c5ccc(-c6ccc(-c7ccccc7)cc6)cc5c5nc(-c6cccc(-c7ccc8oc9ccccc9c8c7)c6)cnc5c4c3)cc2)cc1. The highest BCUT2D eigenvalue weighted by atomic mass is 16.3. The predicted octanol–water partition coefficient (Wildman–Crippen LogP) is 15.8. The Morgan fingerprint density at radius 3 is 1.33 bits per heavy atom. The molecule has 3 heteroatoms. The van der Waals surface area contributed by atoms with Crippen LogP contribution in [0.1, 0.15) is 0 Å². The van der Waals surface area contributed by atoms with Crippen LogP contribution in [0.2, 0.25) is 0 Å². The molecule has 0 bridgehead atoms. The Morgan fingerprint density at radius 1 is 0.262 bits per heavy atom. The lowest BCUT2D eigenvalue weighted by Gasteiger charge is -2.14. The Morgan fingerprint density at radius 2 is 0.689 bits per heavy atom. The van der Waals surface area contributed by atoms with Crippen LogP contribution in [0.4, 0.5) is 0 Å². The predicted molar refractivity (Wildman–Crippen MR) is 254 cm³/mol. The summed E-state index contributed by atoms with van der Waals surface area (Å²) in [5, 5.41) is 6.70. The Balaban J connectivity index is 1.00. The zero-order valence-electron chi connectivity index (χ0n) is 33.1. The summed E-state index contributed by atoms with van der Waals surface area (Å²) in [6, 6.07) is 75.6. The van der Waals surface area contributed by atoms with Crippen molar-refractivity contribution in [2.24, 2.45) is 0 Å². The molecule has 0 spiro atoms. The third-order valence-corrected chi connectivity index (χ3v) is 12.1. The van der Waals surface area contributed by atoms with Gasteiger partial charge in [0.2, 0.25) is 0 Å². The van der Waals surface area contributed by atoms with Crippen molar-refractivity contribution >= 4 is 54.5 Å².